The second-order valence-electron chi connectivity index (χ2n) is 4.79. The van der Waals surface area contributed by atoms with Gasteiger partial charge in [0.15, 0.2) is 0 Å². The standard InChI is InChI=1S/C13H20N2O3/c1-10-2-3-11(18-10)8-15-12(16)13(9-14)4-6-17-7-5-13/h2-3H,4-9,14H2,1H3,(H,15,16). The van der Waals surface area contributed by atoms with E-state index < -0.39 is 5.41 Å². The number of hydrogen-bond acceptors (Lipinski definition) is 4. The van der Waals surface area contributed by atoms with Crippen molar-refractivity contribution in [1.82, 2.24) is 5.32 Å². The molecule has 0 bridgehead atoms. The molecular weight excluding hydrogens is 232 g/mol. The van der Waals surface area contributed by atoms with Crippen molar-refractivity contribution in [3.05, 3.63) is 23.7 Å². The molecule has 5 nitrogen and oxygen atoms in total. The summed E-state index contributed by atoms with van der Waals surface area (Å²) in [6.45, 7) is 3.86. The molecule has 3 N–H and O–H groups in total. The number of amides is 1. The molecule has 1 aliphatic rings. The predicted molar refractivity (Wildman–Crippen MR) is 66.8 cm³/mol. The van der Waals surface area contributed by atoms with Gasteiger partial charge in [0.2, 0.25) is 5.91 Å². The fourth-order valence-corrected chi connectivity index (χ4v) is 2.22. The van der Waals surface area contributed by atoms with Gasteiger partial charge in [-0.2, -0.15) is 0 Å². The number of ether oxygens (including phenoxy) is 1. The van der Waals surface area contributed by atoms with Crippen molar-refractivity contribution < 1.29 is 13.9 Å². The summed E-state index contributed by atoms with van der Waals surface area (Å²) in [4.78, 5) is 12.2. The number of furan rings is 1. The van der Waals surface area contributed by atoms with Gasteiger partial charge in [-0.15, -0.1) is 0 Å². The maximum Gasteiger partial charge on any atom is 0.228 e. The van der Waals surface area contributed by atoms with Crippen molar-refractivity contribution in [3.8, 4) is 0 Å². The van der Waals surface area contributed by atoms with E-state index in [-0.39, 0.29) is 5.91 Å². The van der Waals surface area contributed by atoms with Gasteiger partial charge in [0, 0.05) is 19.8 Å². The monoisotopic (exact) mass is 252 g/mol. The second-order valence-corrected chi connectivity index (χ2v) is 4.79. The molecule has 0 unspecified atom stereocenters. The van der Waals surface area contributed by atoms with Crippen molar-refractivity contribution in [2.24, 2.45) is 11.1 Å². The molecule has 0 spiro atoms. The summed E-state index contributed by atoms with van der Waals surface area (Å²) in [5.74, 6) is 1.61. The molecule has 0 aromatic carbocycles. The Morgan fingerprint density at radius 3 is 2.72 bits per heavy atom. The lowest BCUT2D eigenvalue weighted by Gasteiger charge is -2.34. The Labute approximate surface area is 107 Å². The molecular formula is C13H20N2O3. The van der Waals surface area contributed by atoms with Gasteiger partial charge in [-0.05, 0) is 31.9 Å². The molecule has 0 aliphatic carbocycles. The molecule has 0 saturated carbocycles. The summed E-state index contributed by atoms with van der Waals surface area (Å²) in [5.41, 5.74) is 5.30. The Morgan fingerprint density at radius 1 is 1.44 bits per heavy atom. The van der Waals surface area contributed by atoms with Crippen LogP contribution in [0.3, 0.4) is 0 Å². The van der Waals surface area contributed by atoms with Crippen LogP contribution in [0.1, 0.15) is 24.4 Å². The van der Waals surface area contributed by atoms with Crippen LogP contribution in [0, 0.1) is 12.3 Å². The van der Waals surface area contributed by atoms with Gasteiger partial charge in [0.05, 0.1) is 12.0 Å². The highest BCUT2D eigenvalue weighted by atomic mass is 16.5. The molecule has 1 saturated heterocycles. The number of nitrogens with two attached hydrogens (primary N) is 1. The van der Waals surface area contributed by atoms with E-state index in [1.165, 1.54) is 0 Å². The summed E-state index contributed by atoms with van der Waals surface area (Å²) in [7, 11) is 0. The summed E-state index contributed by atoms with van der Waals surface area (Å²) < 4.78 is 10.7. The maximum absolute atomic E-state index is 12.2. The van der Waals surface area contributed by atoms with Crippen molar-refractivity contribution in [1.29, 1.82) is 0 Å². The molecule has 2 heterocycles. The third-order valence-corrected chi connectivity index (χ3v) is 3.54. The lowest BCUT2D eigenvalue weighted by Crippen LogP contribution is -2.48. The van der Waals surface area contributed by atoms with Crippen LogP contribution >= 0.6 is 0 Å². The van der Waals surface area contributed by atoms with Crippen molar-refractivity contribution in [2.45, 2.75) is 26.3 Å². The molecule has 100 valence electrons. The van der Waals surface area contributed by atoms with Crippen LogP contribution < -0.4 is 11.1 Å². The molecule has 1 amide bonds. The summed E-state index contributed by atoms with van der Waals surface area (Å²) in [6, 6.07) is 3.75. The third-order valence-electron chi connectivity index (χ3n) is 3.54. The third kappa shape index (κ3) is 2.73. The first-order valence-electron chi connectivity index (χ1n) is 6.28. The van der Waals surface area contributed by atoms with Crippen LogP contribution in [0.2, 0.25) is 0 Å². The van der Waals surface area contributed by atoms with Crippen LogP contribution in [0.5, 0.6) is 0 Å². The summed E-state index contributed by atoms with van der Waals surface area (Å²) in [6.07, 6.45) is 1.37. The number of aryl methyl sites for hydroxylation is 1. The number of nitrogens with one attached hydrogen (secondary N) is 1. The fourth-order valence-electron chi connectivity index (χ4n) is 2.22. The van der Waals surface area contributed by atoms with Gasteiger partial charge in [0.25, 0.3) is 0 Å². The Hall–Kier alpha value is -1.33. The zero-order chi connectivity index (χ0) is 13.0. The van der Waals surface area contributed by atoms with Gasteiger partial charge in [0.1, 0.15) is 11.5 Å². The van der Waals surface area contributed by atoms with Crippen LogP contribution in [-0.2, 0) is 16.1 Å². The van der Waals surface area contributed by atoms with E-state index >= 15 is 0 Å². The highest BCUT2D eigenvalue weighted by molar-refractivity contribution is 5.82. The average molecular weight is 252 g/mol. The topological polar surface area (TPSA) is 77.5 Å². The summed E-state index contributed by atoms with van der Waals surface area (Å²) in [5, 5.41) is 2.91. The van der Waals surface area contributed by atoms with Crippen LogP contribution in [0.25, 0.3) is 0 Å². The van der Waals surface area contributed by atoms with Crippen molar-refractivity contribution in [2.75, 3.05) is 19.8 Å². The lowest BCUT2D eigenvalue weighted by atomic mass is 9.79. The fraction of sp³-hybridized carbons (Fsp3) is 0.615. The van der Waals surface area contributed by atoms with Gasteiger partial charge in [-0.25, -0.2) is 0 Å². The molecule has 1 aliphatic heterocycles. The van der Waals surface area contributed by atoms with Gasteiger partial charge in [-0.1, -0.05) is 0 Å². The zero-order valence-corrected chi connectivity index (χ0v) is 10.7. The molecule has 1 aromatic rings. The van der Waals surface area contributed by atoms with Crippen LogP contribution in [0.15, 0.2) is 16.5 Å². The molecule has 2 rings (SSSR count). The molecule has 0 atom stereocenters. The zero-order valence-electron chi connectivity index (χ0n) is 10.7. The lowest BCUT2D eigenvalue weighted by molar-refractivity contribution is -0.136. The molecule has 5 heteroatoms. The van der Waals surface area contributed by atoms with Gasteiger partial charge >= 0.3 is 0 Å². The van der Waals surface area contributed by atoms with Gasteiger partial charge < -0.3 is 20.2 Å². The van der Waals surface area contributed by atoms with Crippen LogP contribution in [0.4, 0.5) is 0 Å². The summed E-state index contributed by atoms with van der Waals surface area (Å²) >= 11 is 0. The minimum atomic E-state index is -0.472. The maximum atomic E-state index is 12.2. The number of rotatable bonds is 4. The first-order chi connectivity index (χ1) is 8.66. The van der Waals surface area contributed by atoms with Crippen molar-refractivity contribution in [3.63, 3.8) is 0 Å². The Balaban J connectivity index is 1.93. The predicted octanol–water partition coefficient (Wildman–Crippen LogP) is 0.960. The van der Waals surface area contributed by atoms with E-state index in [0.717, 1.165) is 11.5 Å². The molecule has 0 radical (unpaired) electrons. The number of carbonyl (C=O) groups excluding carboxylic acids is 1. The van der Waals surface area contributed by atoms with Gasteiger partial charge in [-0.3, -0.25) is 4.79 Å². The quantitative estimate of drug-likeness (QED) is 0.836. The first kappa shape index (κ1) is 13.1. The minimum Gasteiger partial charge on any atom is -0.465 e. The average Bonchev–Trinajstić information content (AvgIpc) is 2.82. The van der Waals surface area contributed by atoms with Crippen molar-refractivity contribution >= 4 is 5.91 Å². The molecule has 18 heavy (non-hydrogen) atoms. The number of hydrogen-bond donors (Lipinski definition) is 2. The minimum absolute atomic E-state index is 0.00218. The Morgan fingerprint density at radius 2 is 2.17 bits per heavy atom. The normalized spacial score (nSPS) is 18.6. The van der Waals surface area contributed by atoms with E-state index in [1.807, 2.05) is 19.1 Å². The largest absolute Gasteiger partial charge is 0.465 e. The Kier molecular flexibility index (Phi) is 4.04. The molecule has 1 aromatic heterocycles. The first-order valence-corrected chi connectivity index (χ1v) is 6.28. The highest BCUT2D eigenvalue weighted by Gasteiger charge is 2.38. The van der Waals surface area contributed by atoms with E-state index in [9.17, 15) is 4.79 Å². The van der Waals surface area contributed by atoms with E-state index in [2.05, 4.69) is 5.32 Å². The van der Waals surface area contributed by atoms with E-state index in [4.69, 9.17) is 14.9 Å². The van der Waals surface area contributed by atoms with E-state index in [1.54, 1.807) is 0 Å². The Bertz CT molecular complexity index is 408. The SMILES string of the molecule is Cc1ccc(CNC(=O)C2(CN)CCOCC2)o1. The second kappa shape index (κ2) is 5.54. The van der Waals surface area contributed by atoms with Crippen LogP contribution in [-0.4, -0.2) is 25.7 Å². The highest BCUT2D eigenvalue weighted by Crippen LogP contribution is 2.29. The number of carbonyl (C=O) groups is 1. The smallest absolute Gasteiger partial charge is 0.228 e. The molecule has 1 fully saturated rings. The van der Waals surface area contributed by atoms with E-state index in [0.29, 0.717) is 39.1 Å².